The third-order valence-electron chi connectivity index (χ3n) is 6.19. The Hall–Kier alpha value is -3.33. The number of aromatic nitrogens is 4. The van der Waals surface area contributed by atoms with Crippen LogP contribution in [-0.2, 0) is 6.54 Å². The maximum Gasteiger partial charge on any atom is 0.273 e. The van der Waals surface area contributed by atoms with Gasteiger partial charge in [-0.25, -0.2) is 9.37 Å². The lowest BCUT2D eigenvalue weighted by Crippen LogP contribution is -2.39. The van der Waals surface area contributed by atoms with Crippen molar-refractivity contribution in [3.8, 4) is 11.5 Å². The summed E-state index contributed by atoms with van der Waals surface area (Å²) in [6, 6.07) is 9.09. The number of piperidine rings is 1. The van der Waals surface area contributed by atoms with Gasteiger partial charge in [-0.05, 0) is 56.6 Å². The molecule has 1 atom stereocenters. The Morgan fingerprint density at radius 2 is 2.03 bits per heavy atom. The first-order chi connectivity index (χ1) is 16.6. The fourth-order valence-corrected chi connectivity index (χ4v) is 4.22. The van der Waals surface area contributed by atoms with E-state index in [0.717, 1.165) is 51.1 Å². The molecular formula is C25H31FN6O2. The van der Waals surface area contributed by atoms with E-state index in [2.05, 4.69) is 34.0 Å². The van der Waals surface area contributed by atoms with Crippen LogP contribution in [0.3, 0.4) is 0 Å². The van der Waals surface area contributed by atoms with Crippen molar-refractivity contribution in [2.24, 2.45) is 0 Å². The van der Waals surface area contributed by atoms with Crippen molar-refractivity contribution in [1.82, 2.24) is 29.8 Å². The molecule has 0 aliphatic carbocycles. The van der Waals surface area contributed by atoms with Gasteiger partial charge in [-0.3, -0.25) is 9.48 Å². The maximum atomic E-state index is 13.4. The SMILES string of the molecule is CCN(CC)CCn1cc(C2CCCCN2C(=O)c2ccc(Oc3cccc(F)c3)cn2)nn1. The molecule has 1 saturated heterocycles. The molecule has 0 radical (unpaired) electrons. The van der Waals surface area contributed by atoms with Crippen molar-refractivity contribution in [3.63, 3.8) is 0 Å². The molecule has 0 spiro atoms. The lowest BCUT2D eigenvalue weighted by Gasteiger charge is -2.34. The zero-order valence-corrected chi connectivity index (χ0v) is 19.7. The number of likely N-dealkylation sites (N-methyl/N-ethyl adjacent to an activating group) is 1. The molecule has 2 aromatic heterocycles. The molecule has 0 N–H and O–H groups in total. The summed E-state index contributed by atoms with van der Waals surface area (Å²) in [6.45, 7) is 8.63. The molecule has 8 nitrogen and oxygen atoms in total. The van der Waals surface area contributed by atoms with Gasteiger partial charge in [0, 0.05) is 19.2 Å². The second kappa shape index (κ2) is 11.2. The van der Waals surface area contributed by atoms with Gasteiger partial charge in [-0.2, -0.15) is 0 Å². The minimum Gasteiger partial charge on any atom is -0.456 e. The Kier molecular flexibility index (Phi) is 7.84. The highest BCUT2D eigenvalue weighted by molar-refractivity contribution is 5.92. The fraction of sp³-hybridized carbons (Fsp3) is 0.440. The Morgan fingerprint density at radius 3 is 2.76 bits per heavy atom. The smallest absolute Gasteiger partial charge is 0.273 e. The van der Waals surface area contributed by atoms with Crippen molar-refractivity contribution >= 4 is 5.91 Å². The Labute approximate surface area is 199 Å². The predicted molar refractivity (Wildman–Crippen MR) is 126 cm³/mol. The number of amides is 1. The summed E-state index contributed by atoms with van der Waals surface area (Å²) in [5, 5.41) is 8.69. The van der Waals surface area contributed by atoms with Gasteiger partial charge in [0.05, 0.1) is 25.0 Å². The van der Waals surface area contributed by atoms with E-state index in [-0.39, 0.29) is 17.8 Å². The van der Waals surface area contributed by atoms with Gasteiger partial charge >= 0.3 is 0 Å². The second-order valence-electron chi connectivity index (χ2n) is 8.38. The van der Waals surface area contributed by atoms with Gasteiger partial charge in [0.15, 0.2) is 0 Å². The summed E-state index contributed by atoms with van der Waals surface area (Å²) in [5.74, 6) is 0.299. The monoisotopic (exact) mass is 466 g/mol. The number of pyridine rings is 1. The van der Waals surface area contributed by atoms with Gasteiger partial charge in [0.25, 0.3) is 5.91 Å². The molecule has 1 unspecified atom stereocenters. The van der Waals surface area contributed by atoms with Gasteiger partial charge in [-0.15, -0.1) is 5.10 Å². The lowest BCUT2D eigenvalue weighted by atomic mass is 9.99. The van der Waals surface area contributed by atoms with E-state index < -0.39 is 0 Å². The van der Waals surface area contributed by atoms with Crippen LogP contribution in [0.1, 0.15) is 55.3 Å². The fourth-order valence-electron chi connectivity index (χ4n) is 4.22. The summed E-state index contributed by atoms with van der Waals surface area (Å²) in [4.78, 5) is 21.8. The molecule has 1 fully saturated rings. The molecule has 180 valence electrons. The quantitative estimate of drug-likeness (QED) is 0.468. The number of ether oxygens (including phenoxy) is 1. The molecule has 0 bridgehead atoms. The molecule has 3 aromatic rings. The van der Waals surface area contributed by atoms with Crippen LogP contribution in [0.2, 0.25) is 0 Å². The molecule has 1 aromatic carbocycles. The van der Waals surface area contributed by atoms with Crippen LogP contribution in [0.5, 0.6) is 11.5 Å². The van der Waals surface area contributed by atoms with E-state index in [0.29, 0.717) is 23.7 Å². The van der Waals surface area contributed by atoms with E-state index in [1.165, 1.54) is 18.3 Å². The van der Waals surface area contributed by atoms with Gasteiger partial charge in [0.1, 0.15) is 28.7 Å². The number of carbonyl (C=O) groups is 1. The number of hydrogen-bond acceptors (Lipinski definition) is 6. The van der Waals surface area contributed by atoms with Crippen LogP contribution in [0.15, 0.2) is 48.8 Å². The van der Waals surface area contributed by atoms with E-state index in [9.17, 15) is 9.18 Å². The molecule has 1 amide bonds. The normalized spacial score (nSPS) is 16.1. The lowest BCUT2D eigenvalue weighted by molar-refractivity contribution is 0.0599. The number of hydrogen-bond donors (Lipinski definition) is 0. The molecule has 1 aliphatic rings. The highest BCUT2D eigenvalue weighted by Crippen LogP contribution is 2.31. The van der Waals surface area contributed by atoms with Crippen molar-refractivity contribution in [2.75, 3.05) is 26.2 Å². The van der Waals surface area contributed by atoms with Crippen LogP contribution in [0.4, 0.5) is 4.39 Å². The topological polar surface area (TPSA) is 76.4 Å². The molecule has 3 heterocycles. The van der Waals surface area contributed by atoms with E-state index >= 15 is 0 Å². The molecule has 9 heteroatoms. The average Bonchev–Trinajstić information content (AvgIpc) is 3.34. The molecule has 1 aliphatic heterocycles. The number of nitrogens with zero attached hydrogens (tertiary/aromatic N) is 6. The molecule has 0 saturated carbocycles. The first-order valence-electron chi connectivity index (χ1n) is 11.9. The summed E-state index contributed by atoms with van der Waals surface area (Å²) >= 11 is 0. The molecule has 4 rings (SSSR count). The van der Waals surface area contributed by atoms with E-state index in [1.807, 2.05) is 15.8 Å². The Morgan fingerprint density at radius 1 is 1.18 bits per heavy atom. The number of likely N-dealkylation sites (tertiary alicyclic amines) is 1. The predicted octanol–water partition coefficient (Wildman–Crippen LogP) is 4.31. The standard InChI is InChI=1S/C25H31FN6O2/c1-3-30(4-2)14-15-31-18-23(28-29-31)24-10-5-6-13-32(24)25(33)22-12-11-21(17-27-22)34-20-9-7-8-19(26)16-20/h7-9,11-12,16-18,24H,3-6,10,13-15H2,1-2H3. The highest BCUT2D eigenvalue weighted by atomic mass is 19.1. The van der Waals surface area contributed by atoms with Crippen molar-refractivity contribution in [2.45, 2.75) is 45.7 Å². The zero-order valence-electron chi connectivity index (χ0n) is 19.7. The highest BCUT2D eigenvalue weighted by Gasteiger charge is 2.31. The second-order valence-corrected chi connectivity index (χ2v) is 8.38. The van der Waals surface area contributed by atoms with E-state index in [4.69, 9.17) is 4.74 Å². The summed E-state index contributed by atoms with van der Waals surface area (Å²) in [6.07, 6.45) is 6.28. The molecular weight excluding hydrogens is 435 g/mol. The van der Waals surface area contributed by atoms with Crippen LogP contribution >= 0.6 is 0 Å². The van der Waals surface area contributed by atoms with Gasteiger partial charge in [0.2, 0.25) is 0 Å². The van der Waals surface area contributed by atoms with Crippen LogP contribution in [0, 0.1) is 5.82 Å². The largest absolute Gasteiger partial charge is 0.456 e. The number of rotatable bonds is 9. The number of carbonyl (C=O) groups excluding carboxylic acids is 1. The van der Waals surface area contributed by atoms with E-state index in [1.54, 1.807) is 24.3 Å². The minimum atomic E-state index is -0.376. The third-order valence-corrected chi connectivity index (χ3v) is 6.19. The average molecular weight is 467 g/mol. The summed E-state index contributed by atoms with van der Waals surface area (Å²) in [7, 11) is 0. The third kappa shape index (κ3) is 5.77. The summed E-state index contributed by atoms with van der Waals surface area (Å²) in [5.41, 5.74) is 1.16. The maximum absolute atomic E-state index is 13.4. The first kappa shape index (κ1) is 23.8. The zero-order chi connectivity index (χ0) is 23.9. The Balaban J connectivity index is 1.43. The molecule has 34 heavy (non-hydrogen) atoms. The van der Waals surface area contributed by atoms with Crippen molar-refractivity contribution < 1.29 is 13.9 Å². The first-order valence-corrected chi connectivity index (χ1v) is 11.9. The van der Waals surface area contributed by atoms with Crippen LogP contribution in [0.25, 0.3) is 0 Å². The minimum absolute atomic E-state index is 0.117. The number of halogens is 1. The van der Waals surface area contributed by atoms with Gasteiger partial charge < -0.3 is 14.5 Å². The van der Waals surface area contributed by atoms with Crippen LogP contribution < -0.4 is 4.74 Å². The number of benzene rings is 1. The summed E-state index contributed by atoms with van der Waals surface area (Å²) < 4.78 is 20.9. The van der Waals surface area contributed by atoms with Crippen LogP contribution in [-0.4, -0.2) is 61.9 Å². The Bertz CT molecular complexity index is 1080. The van der Waals surface area contributed by atoms with Gasteiger partial charge in [-0.1, -0.05) is 25.1 Å². The van der Waals surface area contributed by atoms with Crippen molar-refractivity contribution in [1.29, 1.82) is 0 Å². The van der Waals surface area contributed by atoms with Crippen molar-refractivity contribution in [3.05, 3.63) is 66.0 Å².